The fourth-order valence-corrected chi connectivity index (χ4v) is 45.0. The summed E-state index contributed by atoms with van der Waals surface area (Å²) in [5.74, 6) is -1.38. The van der Waals surface area contributed by atoms with Crippen molar-refractivity contribution in [3.63, 3.8) is 0 Å². The average molecular weight is 688 g/mol. The van der Waals surface area contributed by atoms with Gasteiger partial charge in [0.15, 0.2) is 25.0 Å². The summed E-state index contributed by atoms with van der Waals surface area (Å²) in [6.07, 6.45) is 0.880. The highest BCUT2D eigenvalue weighted by atomic mass is 28.5. The molecule has 1 heterocycles. The Bertz CT molecular complexity index is 824. The zero-order valence-electron chi connectivity index (χ0n) is 27.6. The first-order chi connectivity index (χ1) is 17.2. The molecule has 1 saturated heterocycles. The van der Waals surface area contributed by atoms with E-state index < -0.39 is 79.9 Å². The molecule has 0 amide bonds. The molecule has 1 rings (SSSR count). The van der Waals surface area contributed by atoms with Crippen LogP contribution in [0.15, 0.2) is 0 Å². The van der Waals surface area contributed by atoms with E-state index in [0.717, 1.165) is 30.4 Å². The van der Waals surface area contributed by atoms with Crippen LogP contribution in [-0.4, -0.2) is 85.3 Å². The van der Waals surface area contributed by atoms with Crippen molar-refractivity contribution >= 4 is 74.0 Å². The van der Waals surface area contributed by atoms with Crippen molar-refractivity contribution in [2.75, 3.05) is 6.23 Å². The molecule has 4 unspecified atom stereocenters. The van der Waals surface area contributed by atoms with Gasteiger partial charge in [-0.3, -0.25) is 4.79 Å². The molecule has 39 heavy (non-hydrogen) atoms. The minimum absolute atomic E-state index is 0.379. The first kappa shape index (κ1) is 38.0. The average Bonchev–Trinajstić information content (AvgIpc) is 2.65. The van der Waals surface area contributed by atoms with Crippen molar-refractivity contribution in [2.24, 2.45) is 5.92 Å². The molecule has 0 aromatic heterocycles. The standard InChI is InChI=1S/C23H59O8Si8/c1-22(23(24)25)20-39(15)29-36(11,12)28-37(13,18-16-34(7,8)26-21-32(2)3)30-38(14,31-39)19-17-35(9,10)27-33(4,5)6/h22H,16-21H2,1-15H3,(H,24,25). The van der Waals surface area contributed by atoms with Gasteiger partial charge in [-0.15, -0.1) is 0 Å². The number of carboxylic acids is 1. The van der Waals surface area contributed by atoms with Crippen LogP contribution in [0.2, 0.25) is 122 Å². The van der Waals surface area contributed by atoms with Crippen molar-refractivity contribution in [3.8, 4) is 0 Å². The quantitative estimate of drug-likeness (QED) is 0.191. The van der Waals surface area contributed by atoms with Crippen LogP contribution < -0.4 is 0 Å². The van der Waals surface area contributed by atoms with Crippen LogP contribution in [0.1, 0.15) is 6.92 Å². The van der Waals surface area contributed by atoms with E-state index in [1.165, 1.54) is 0 Å². The SMILES string of the molecule is CC(C[Si]1(C)O[Si](C)(C)O[Si](C)(CC[Si](C)(C)OC[Si](C)C)O[Si](C)(CC[Si](C)(C)O[Si](C)(C)C)O1)C(=O)O. The summed E-state index contributed by atoms with van der Waals surface area (Å²) in [5.41, 5.74) is 0. The monoisotopic (exact) mass is 687 g/mol. The molecule has 231 valence electrons. The zero-order valence-corrected chi connectivity index (χ0v) is 35.6. The number of aliphatic carboxylic acids is 1. The Hall–Kier alpha value is 0.965. The summed E-state index contributed by atoms with van der Waals surface area (Å²) in [7, 11) is -17.0. The number of rotatable bonds is 14. The molecule has 0 aliphatic carbocycles. The molecule has 1 aliphatic rings. The Morgan fingerprint density at radius 2 is 1.23 bits per heavy atom. The maximum absolute atomic E-state index is 11.8. The molecule has 0 bridgehead atoms. The fraction of sp³-hybridized carbons (Fsp3) is 0.957. The Balaban J connectivity index is 3.35. The van der Waals surface area contributed by atoms with Gasteiger partial charge in [-0.05, 0) is 103 Å². The molecule has 8 nitrogen and oxygen atoms in total. The largest absolute Gasteiger partial charge is 0.481 e. The van der Waals surface area contributed by atoms with Gasteiger partial charge in [-0.2, -0.15) is 0 Å². The van der Waals surface area contributed by atoms with Crippen molar-refractivity contribution in [2.45, 2.75) is 129 Å². The third-order valence-corrected chi connectivity index (χ3v) is 35.1. The Kier molecular flexibility index (Phi) is 13.4. The predicted octanol–water partition coefficient (Wildman–Crippen LogP) is 7.28. The molecule has 4 atom stereocenters. The topological polar surface area (TPSA) is 92.7 Å². The van der Waals surface area contributed by atoms with E-state index in [-0.39, 0.29) is 0 Å². The minimum Gasteiger partial charge on any atom is -0.481 e. The molecule has 1 fully saturated rings. The van der Waals surface area contributed by atoms with Crippen LogP contribution in [0.4, 0.5) is 0 Å². The van der Waals surface area contributed by atoms with Crippen LogP contribution in [-0.2, 0) is 29.8 Å². The normalized spacial score (nSPS) is 29.6. The third-order valence-electron chi connectivity index (χ3n) is 6.58. The van der Waals surface area contributed by atoms with Crippen LogP contribution in [0.25, 0.3) is 0 Å². The summed E-state index contributed by atoms with van der Waals surface area (Å²) in [5, 5.41) is 9.70. The van der Waals surface area contributed by atoms with Crippen molar-refractivity contribution in [1.29, 1.82) is 0 Å². The molecule has 0 spiro atoms. The summed E-state index contributed by atoms with van der Waals surface area (Å²) in [6.45, 7) is 32.7. The molecule has 1 radical (unpaired) electrons. The summed E-state index contributed by atoms with van der Waals surface area (Å²) in [4.78, 5) is 11.8. The number of carbonyl (C=O) groups is 1. The van der Waals surface area contributed by atoms with Gasteiger partial charge in [0, 0.05) is 12.3 Å². The lowest BCUT2D eigenvalue weighted by molar-refractivity contribution is -0.140. The van der Waals surface area contributed by atoms with E-state index in [1.807, 2.05) is 6.55 Å². The summed E-state index contributed by atoms with van der Waals surface area (Å²) < 4.78 is 41.2. The molecular weight excluding hydrogens is 629 g/mol. The number of carboxylic acid groups (broad SMARTS) is 1. The van der Waals surface area contributed by atoms with Crippen LogP contribution in [0.5, 0.6) is 0 Å². The van der Waals surface area contributed by atoms with Gasteiger partial charge in [0.05, 0.1) is 14.7 Å². The van der Waals surface area contributed by atoms with Gasteiger partial charge in [0.2, 0.25) is 0 Å². The molecular formula is C23H59O8Si8. The molecule has 1 N–H and O–H groups in total. The Morgan fingerprint density at radius 1 is 0.795 bits per heavy atom. The second-order valence-corrected chi connectivity index (χ2v) is 45.2. The lowest BCUT2D eigenvalue weighted by Gasteiger charge is -2.50. The Morgan fingerprint density at radius 3 is 1.69 bits per heavy atom. The molecule has 0 aromatic rings. The maximum Gasteiger partial charge on any atom is 0.318 e. The van der Waals surface area contributed by atoms with Crippen LogP contribution in [0, 0.1) is 5.92 Å². The van der Waals surface area contributed by atoms with Gasteiger partial charge in [0.1, 0.15) is 0 Å². The van der Waals surface area contributed by atoms with E-state index in [1.54, 1.807) is 6.92 Å². The number of hydrogen-bond donors (Lipinski definition) is 1. The lowest BCUT2D eigenvalue weighted by atomic mass is 10.2. The third kappa shape index (κ3) is 14.8. The smallest absolute Gasteiger partial charge is 0.318 e. The first-order valence-corrected chi connectivity index (χ1v) is 37.1. The molecule has 16 heteroatoms. The second-order valence-electron chi connectivity index (χ2n) is 14.9. The highest BCUT2D eigenvalue weighted by Crippen LogP contribution is 2.39. The van der Waals surface area contributed by atoms with Crippen molar-refractivity contribution in [1.82, 2.24) is 0 Å². The van der Waals surface area contributed by atoms with Gasteiger partial charge >= 0.3 is 40.2 Å². The van der Waals surface area contributed by atoms with Crippen molar-refractivity contribution < 1.29 is 34.9 Å². The van der Waals surface area contributed by atoms with E-state index in [9.17, 15) is 9.90 Å². The van der Waals surface area contributed by atoms with Crippen LogP contribution in [0.3, 0.4) is 0 Å². The molecule has 1 aliphatic heterocycles. The maximum atomic E-state index is 11.8. The van der Waals surface area contributed by atoms with Gasteiger partial charge in [0.25, 0.3) is 0 Å². The van der Waals surface area contributed by atoms with Gasteiger partial charge in [-0.1, -0.05) is 20.0 Å². The number of hydrogen-bond acceptors (Lipinski definition) is 7. The highest BCUT2D eigenvalue weighted by Gasteiger charge is 2.56. The Labute approximate surface area is 248 Å². The van der Waals surface area contributed by atoms with E-state index in [2.05, 4.69) is 85.1 Å². The van der Waals surface area contributed by atoms with Crippen LogP contribution >= 0.6 is 0 Å². The van der Waals surface area contributed by atoms with E-state index in [0.29, 0.717) is 6.04 Å². The van der Waals surface area contributed by atoms with Gasteiger partial charge in [-0.25, -0.2) is 0 Å². The summed E-state index contributed by atoms with van der Waals surface area (Å²) >= 11 is 0. The fourth-order valence-electron chi connectivity index (χ4n) is 5.32. The van der Waals surface area contributed by atoms with Gasteiger partial charge < -0.3 is 30.1 Å². The summed E-state index contributed by atoms with van der Waals surface area (Å²) in [6, 6.07) is 3.94. The second kappa shape index (κ2) is 13.7. The zero-order chi connectivity index (χ0) is 30.7. The molecule has 0 saturated carbocycles. The lowest BCUT2D eigenvalue weighted by Crippen LogP contribution is -2.67. The first-order valence-electron chi connectivity index (χ1n) is 14.4. The predicted molar refractivity (Wildman–Crippen MR) is 180 cm³/mol. The highest BCUT2D eigenvalue weighted by molar-refractivity contribution is 6.94. The minimum atomic E-state index is -2.92. The van der Waals surface area contributed by atoms with E-state index >= 15 is 0 Å². The molecule has 0 aromatic carbocycles. The van der Waals surface area contributed by atoms with Crippen molar-refractivity contribution in [3.05, 3.63) is 0 Å². The van der Waals surface area contributed by atoms with E-state index in [4.69, 9.17) is 25.0 Å².